The minimum absolute atomic E-state index is 0.423. The largest absolute Gasteiger partial charge is 0.397 e. The third-order valence-corrected chi connectivity index (χ3v) is 2.66. The molecule has 0 bridgehead atoms. The molecule has 4 N–H and O–H groups in total. The van der Waals surface area contributed by atoms with Gasteiger partial charge in [0.15, 0.2) is 0 Å². The number of aromatic nitrogens is 1. The first-order chi connectivity index (χ1) is 7.16. The Morgan fingerprint density at radius 3 is 2.80 bits per heavy atom. The zero-order valence-electron chi connectivity index (χ0n) is 8.37. The molecule has 1 aliphatic rings. The van der Waals surface area contributed by atoms with Gasteiger partial charge < -0.3 is 20.8 Å². The number of aliphatic hydroxyl groups is 2. The van der Waals surface area contributed by atoms with Crippen LogP contribution in [0.1, 0.15) is 6.42 Å². The van der Waals surface area contributed by atoms with Crippen molar-refractivity contribution in [2.75, 3.05) is 23.7 Å². The third kappa shape index (κ3) is 2.19. The Labute approximate surface area is 88.2 Å². The monoisotopic (exact) mass is 209 g/mol. The van der Waals surface area contributed by atoms with Gasteiger partial charge in [-0.2, -0.15) is 0 Å². The molecule has 2 rings (SSSR count). The minimum atomic E-state index is -0.694. The van der Waals surface area contributed by atoms with Gasteiger partial charge in [-0.1, -0.05) is 0 Å². The van der Waals surface area contributed by atoms with Gasteiger partial charge in [0.1, 0.15) is 0 Å². The Morgan fingerprint density at radius 2 is 2.13 bits per heavy atom. The maximum absolute atomic E-state index is 9.54. The van der Waals surface area contributed by atoms with E-state index < -0.39 is 12.2 Å². The lowest BCUT2D eigenvalue weighted by Crippen LogP contribution is -2.46. The molecule has 1 aliphatic heterocycles. The van der Waals surface area contributed by atoms with E-state index in [1.165, 1.54) is 0 Å². The molecule has 0 spiro atoms. The number of hydrogen-bond acceptors (Lipinski definition) is 5. The number of rotatable bonds is 1. The van der Waals surface area contributed by atoms with Crippen molar-refractivity contribution in [3.63, 3.8) is 0 Å². The van der Waals surface area contributed by atoms with E-state index in [0.717, 1.165) is 5.69 Å². The van der Waals surface area contributed by atoms with Gasteiger partial charge in [-0.15, -0.1) is 0 Å². The quantitative estimate of drug-likeness (QED) is 0.586. The van der Waals surface area contributed by atoms with Crippen LogP contribution >= 0.6 is 0 Å². The van der Waals surface area contributed by atoms with Crippen LogP contribution in [0.4, 0.5) is 11.4 Å². The molecule has 0 aromatic carbocycles. The number of hydrogen-bond donors (Lipinski definition) is 3. The molecule has 1 aromatic heterocycles. The number of aliphatic hydroxyl groups excluding tert-OH is 2. The fourth-order valence-electron chi connectivity index (χ4n) is 1.77. The predicted octanol–water partition coefficient (Wildman–Crippen LogP) is -0.404. The highest BCUT2D eigenvalue weighted by molar-refractivity contribution is 5.53. The van der Waals surface area contributed by atoms with Crippen LogP contribution in [-0.4, -0.2) is 40.5 Å². The highest BCUT2D eigenvalue weighted by Crippen LogP contribution is 2.20. The smallest absolute Gasteiger partial charge is 0.0974 e. The lowest BCUT2D eigenvalue weighted by molar-refractivity contribution is 0.00801. The second-order valence-corrected chi connectivity index (χ2v) is 3.85. The Bertz CT molecular complexity index is 345. The standard InChI is InChI=1S/C10H15N3O2/c11-7-3-8(5-12-4-7)13-2-1-9(14)10(15)6-13/h3-5,9-10,14-15H,1-2,6,11H2/t9-,10-/m0/s1. The molecule has 0 unspecified atom stereocenters. The summed E-state index contributed by atoms with van der Waals surface area (Å²) in [6, 6.07) is 1.82. The lowest BCUT2D eigenvalue weighted by Gasteiger charge is -2.34. The van der Waals surface area contributed by atoms with Crippen LogP contribution in [0, 0.1) is 0 Å². The van der Waals surface area contributed by atoms with Gasteiger partial charge in [0, 0.05) is 19.3 Å². The molecule has 2 heterocycles. The van der Waals surface area contributed by atoms with Crippen LogP contribution in [-0.2, 0) is 0 Å². The molecule has 0 amide bonds. The van der Waals surface area contributed by atoms with Crippen molar-refractivity contribution in [2.45, 2.75) is 18.6 Å². The van der Waals surface area contributed by atoms with Crippen molar-refractivity contribution < 1.29 is 10.2 Å². The molecule has 1 fully saturated rings. The third-order valence-electron chi connectivity index (χ3n) is 2.66. The average Bonchev–Trinajstić information content (AvgIpc) is 2.22. The topological polar surface area (TPSA) is 82.6 Å². The normalized spacial score (nSPS) is 26.7. The summed E-state index contributed by atoms with van der Waals surface area (Å²) in [6.07, 6.45) is 2.55. The van der Waals surface area contributed by atoms with Gasteiger partial charge in [-0.05, 0) is 12.5 Å². The molecule has 15 heavy (non-hydrogen) atoms. The molecule has 5 nitrogen and oxygen atoms in total. The van der Waals surface area contributed by atoms with Crippen molar-refractivity contribution in [3.05, 3.63) is 18.5 Å². The number of β-amino-alcohol motifs (C(OH)–C–C–N with tert-alkyl or cyclic N) is 1. The molecule has 82 valence electrons. The number of pyridine rings is 1. The molecule has 2 atom stereocenters. The van der Waals surface area contributed by atoms with E-state index in [1.54, 1.807) is 12.4 Å². The van der Waals surface area contributed by atoms with E-state index in [9.17, 15) is 10.2 Å². The van der Waals surface area contributed by atoms with Crippen molar-refractivity contribution in [1.82, 2.24) is 4.98 Å². The summed E-state index contributed by atoms with van der Waals surface area (Å²) in [5.74, 6) is 0. The zero-order chi connectivity index (χ0) is 10.8. The highest BCUT2D eigenvalue weighted by atomic mass is 16.3. The van der Waals surface area contributed by atoms with Gasteiger partial charge in [0.25, 0.3) is 0 Å². The van der Waals surface area contributed by atoms with Gasteiger partial charge in [0.05, 0.1) is 29.8 Å². The van der Waals surface area contributed by atoms with Crippen molar-refractivity contribution in [3.8, 4) is 0 Å². The number of nitrogens with two attached hydrogens (primary N) is 1. The number of nitrogens with zero attached hydrogens (tertiary/aromatic N) is 2. The Balaban J connectivity index is 2.12. The fraction of sp³-hybridized carbons (Fsp3) is 0.500. The second kappa shape index (κ2) is 4.04. The van der Waals surface area contributed by atoms with Crippen molar-refractivity contribution >= 4 is 11.4 Å². The van der Waals surface area contributed by atoms with Crippen LogP contribution in [0.5, 0.6) is 0 Å². The summed E-state index contributed by atoms with van der Waals surface area (Å²) in [5, 5.41) is 18.9. The molecule has 5 heteroatoms. The van der Waals surface area contributed by atoms with E-state index in [1.807, 2.05) is 11.0 Å². The van der Waals surface area contributed by atoms with E-state index in [-0.39, 0.29) is 0 Å². The Kier molecular flexibility index (Phi) is 2.75. The summed E-state index contributed by atoms with van der Waals surface area (Å²) in [6.45, 7) is 1.13. The Morgan fingerprint density at radius 1 is 1.33 bits per heavy atom. The molecule has 0 saturated carbocycles. The lowest BCUT2D eigenvalue weighted by atomic mass is 10.0. The molecule has 0 radical (unpaired) electrons. The molecule has 0 aliphatic carbocycles. The molecular formula is C10H15N3O2. The molecule has 1 saturated heterocycles. The summed E-state index contributed by atoms with van der Waals surface area (Å²) in [7, 11) is 0. The number of piperidine rings is 1. The average molecular weight is 209 g/mol. The predicted molar refractivity (Wildman–Crippen MR) is 57.5 cm³/mol. The first kappa shape index (κ1) is 10.2. The zero-order valence-corrected chi connectivity index (χ0v) is 8.37. The molecular weight excluding hydrogens is 194 g/mol. The SMILES string of the molecule is Nc1cncc(N2CC[C@H](O)[C@@H](O)C2)c1. The molecule has 1 aromatic rings. The van der Waals surface area contributed by atoms with Gasteiger partial charge in [-0.3, -0.25) is 4.98 Å². The van der Waals surface area contributed by atoms with Crippen LogP contribution < -0.4 is 10.6 Å². The maximum Gasteiger partial charge on any atom is 0.0974 e. The van der Waals surface area contributed by atoms with Crippen LogP contribution in [0.25, 0.3) is 0 Å². The highest BCUT2D eigenvalue weighted by Gasteiger charge is 2.25. The van der Waals surface area contributed by atoms with E-state index >= 15 is 0 Å². The first-order valence-electron chi connectivity index (χ1n) is 4.98. The Hall–Kier alpha value is -1.33. The van der Waals surface area contributed by atoms with E-state index in [4.69, 9.17) is 5.73 Å². The summed E-state index contributed by atoms with van der Waals surface area (Å²) < 4.78 is 0. The van der Waals surface area contributed by atoms with Gasteiger partial charge in [-0.25, -0.2) is 0 Å². The number of nitrogen functional groups attached to an aromatic ring is 1. The van der Waals surface area contributed by atoms with Crippen molar-refractivity contribution in [2.24, 2.45) is 0 Å². The van der Waals surface area contributed by atoms with Gasteiger partial charge in [0.2, 0.25) is 0 Å². The second-order valence-electron chi connectivity index (χ2n) is 3.85. The van der Waals surface area contributed by atoms with Gasteiger partial charge >= 0.3 is 0 Å². The summed E-state index contributed by atoms with van der Waals surface area (Å²) in [4.78, 5) is 5.97. The van der Waals surface area contributed by atoms with E-state index in [2.05, 4.69) is 4.98 Å². The first-order valence-corrected chi connectivity index (χ1v) is 4.98. The van der Waals surface area contributed by atoms with E-state index in [0.29, 0.717) is 25.2 Å². The van der Waals surface area contributed by atoms with Crippen molar-refractivity contribution in [1.29, 1.82) is 0 Å². The van der Waals surface area contributed by atoms with Crippen LogP contribution in [0.2, 0.25) is 0 Å². The minimum Gasteiger partial charge on any atom is -0.397 e. The summed E-state index contributed by atoms with van der Waals surface area (Å²) in [5.41, 5.74) is 7.12. The fourth-order valence-corrected chi connectivity index (χ4v) is 1.77. The van der Waals surface area contributed by atoms with Crippen LogP contribution in [0.3, 0.4) is 0 Å². The number of anilines is 2. The maximum atomic E-state index is 9.54. The summed E-state index contributed by atoms with van der Waals surface area (Å²) >= 11 is 0. The van der Waals surface area contributed by atoms with Crippen LogP contribution in [0.15, 0.2) is 18.5 Å².